The van der Waals surface area contributed by atoms with E-state index in [1.54, 1.807) is 0 Å². The van der Waals surface area contributed by atoms with Crippen molar-refractivity contribution < 1.29 is 4.42 Å². The molecule has 2 heteroatoms. The summed E-state index contributed by atoms with van der Waals surface area (Å²) in [6, 6.07) is 67.8. The summed E-state index contributed by atoms with van der Waals surface area (Å²) >= 11 is 0. The number of oxazole rings is 1. The van der Waals surface area contributed by atoms with Gasteiger partial charge in [0.25, 0.3) is 0 Å². The zero-order valence-electron chi connectivity index (χ0n) is 28.8. The Morgan fingerprint density at radius 1 is 0.321 bits per heavy atom. The van der Waals surface area contributed by atoms with Crippen molar-refractivity contribution in [1.29, 1.82) is 0 Å². The Morgan fingerprint density at radius 3 is 1.47 bits per heavy atom. The molecule has 0 N–H and O–H groups in total. The first-order valence-electron chi connectivity index (χ1n) is 18.1. The molecule has 0 atom stereocenters. The van der Waals surface area contributed by atoms with E-state index in [0.29, 0.717) is 5.89 Å². The normalized spacial score (nSPS) is 11.8. The van der Waals surface area contributed by atoms with Gasteiger partial charge in [-0.2, -0.15) is 0 Å². The Balaban J connectivity index is 1.15. The van der Waals surface area contributed by atoms with Gasteiger partial charge in [0, 0.05) is 10.9 Å². The minimum Gasteiger partial charge on any atom is -0.435 e. The van der Waals surface area contributed by atoms with E-state index in [-0.39, 0.29) is 0 Å². The lowest BCUT2D eigenvalue weighted by molar-refractivity contribution is 0.623. The van der Waals surface area contributed by atoms with Gasteiger partial charge in [-0.3, -0.25) is 0 Å². The van der Waals surface area contributed by atoms with Gasteiger partial charge in [-0.05, 0) is 118 Å². The Labute approximate surface area is 306 Å². The van der Waals surface area contributed by atoms with E-state index in [4.69, 9.17) is 9.40 Å². The third-order valence-corrected chi connectivity index (χ3v) is 10.8. The Morgan fingerprint density at radius 2 is 0.811 bits per heavy atom. The highest BCUT2D eigenvalue weighted by Gasteiger charge is 2.19. The standard InChI is InChI=1S/C51H31NO/c1-3-11-32(12-4-1)37-24-19-33-20-25-38(30-40(33)29-37)47-41-15-7-9-17-43(41)48(44-18-10-8-16-42(44)47)39-26-22-34-21-23-35-27-28-46-50(49(35)45(34)31-39)53-51(52-46)36-13-5-2-6-14-36/h1-31H. The molecule has 0 spiro atoms. The summed E-state index contributed by atoms with van der Waals surface area (Å²) in [4.78, 5) is 4.91. The van der Waals surface area contributed by atoms with E-state index < -0.39 is 0 Å². The van der Waals surface area contributed by atoms with Gasteiger partial charge in [-0.15, -0.1) is 0 Å². The van der Waals surface area contributed by atoms with E-state index in [1.807, 2.05) is 30.3 Å². The van der Waals surface area contributed by atoms with Gasteiger partial charge in [0.2, 0.25) is 5.89 Å². The average molecular weight is 674 g/mol. The molecule has 2 nitrogen and oxygen atoms in total. The number of hydrogen-bond acceptors (Lipinski definition) is 2. The number of aromatic nitrogens is 1. The summed E-state index contributed by atoms with van der Waals surface area (Å²) in [6.07, 6.45) is 0. The lowest BCUT2D eigenvalue weighted by Crippen LogP contribution is -1.91. The maximum Gasteiger partial charge on any atom is 0.227 e. The Bertz CT molecular complexity index is 3160. The minimum absolute atomic E-state index is 0.638. The zero-order valence-corrected chi connectivity index (χ0v) is 28.8. The summed E-state index contributed by atoms with van der Waals surface area (Å²) in [5.74, 6) is 0.638. The van der Waals surface area contributed by atoms with Crippen molar-refractivity contribution in [1.82, 2.24) is 4.98 Å². The molecule has 10 aromatic carbocycles. The Kier molecular flexibility index (Phi) is 6.59. The van der Waals surface area contributed by atoms with E-state index in [2.05, 4.69) is 158 Å². The first-order valence-corrected chi connectivity index (χ1v) is 18.1. The van der Waals surface area contributed by atoms with Crippen LogP contribution in [-0.4, -0.2) is 4.98 Å². The molecule has 0 fully saturated rings. The Hall–Kier alpha value is -7.03. The lowest BCUT2D eigenvalue weighted by atomic mass is 9.85. The maximum atomic E-state index is 6.58. The van der Waals surface area contributed by atoms with Crippen LogP contribution in [0.4, 0.5) is 0 Å². The minimum atomic E-state index is 0.638. The number of benzene rings is 10. The van der Waals surface area contributed by atoms with Crippen molar-refractivity contribution in [2.24, 2.45) is 0 Å². The van der Waals surface area contributed by atoms with Crippen LogP contribution in [-0.2, 0) is 0 Å². The van der Waals surface area contributed by atoms with Crippen molar-refractivity contribution in [3.63, 3.8) is 0 Å². The van der Waals surface area contributed by atoms with Crippen molar-refractivity contribution in [2.45, 2.75) is 0 Å². The van der Waals surface area contributed by atoms with Crippen LogP contribution in [0.3, 0.4) is 0 Å². The van der Waals surface area contributed by atoms with E-state index in [9.17, 15) is 0 Å². The SMILES string of the molecule is c1ccc(-c2ccc3ccc(-c4c5ccccc5c(-c5ccc6ccc7ccc8nc(-c9ccccc9)oc8c7c6c5)c5ccccc45)cc3c2)cc1. The third kappa shape index (κ3) is 4.77. The monoisotopic (exact) mass is 673 g/mol. The van der Waals surface area contributed by atoms with E-state index in [1.165, 1.54) is 71.1 Å². The van der Waals surface area contributed by atoms with Gasteiger partial charge in [-0.25, -0.2) is 4.98 Å². The van der Waals surface area contributed by atoms with Crippen LogP contribution in [0.25, 0.3) is 110 Å². The molecule has 0 bridgehead atoms. The molecule has 0 unspecified atom stereocenters. The highest BCUT2D eigenvalue weighted by atomic mass is 16.3. The van der Waals surface area contributed by atoms with Gasteiger partial charge in [0.05, 0.1) is 0 Å². The lowest BCUT2D eigenvalue weighted by Gasteiger charge is -2.18. The molecule has 53 heavy (non-hydrogen) atoms. The predicted molar refractivity (Wildman–Crippen MR) is 223 cm³/mol. The second kappa shape index (κ2) is 11.8. The summed E-state index contributed by atoms with van der Waals surface area (Å²) < 4.78 is 6.58. The molecule has 0 amide bonds. The smallest absolute Gasteiger partial charge is 0.227 e. The molecular weight excluding hydrogens is 643 g/mol. The van der Waals surface area contributed by atoms with Gasteiger partial charge in [0.1, 0.15) is 5.52 Å². The molecule has 0 saturated heterocycles. The molecule has 11 rings (SSSR count). The highest BCUT2D eigenvalue weighted by molar-refractivity contribution is 6.24. The van der Waals surface area contributed by atoms with Crippen LogP contribution in [0, 0.1) is 0 Å². The molecule has 0 radical (unpaired) electrons. The molecule has 0 aliphatic carbocycles. The van der Waals surface area contributed by atoms with Gasteiger partial charge >= 0.3 is 0 Å². The van der Waals surface area contributed by atoms with Crippen LogP contribution in [0.15, 0.2) is 192 Å². The number of rotatable bonds is 4. The second-order valence-corrected chi connectivity index (χ2v) is 13.9. The summed E-state index contributed by atoms with van der Waals surface area (Å²) in [6.45, 7) is 0. The predicted octanol–water partition coefficient (Wildman–Crippen LogP) is 14.3. The quantitative estimate of drug-likeness (QED) is 0.137. The van der Waals surface area contributed by atoms with E-state index in [0.717, 1.165) is 32.8 Å². The van der Waals surface area contributed by atoms with Crippen molar-refractivity contribution in [3.8, 4) is 44.8 Å². The number of nitrogens with zero attached hydrogens (tertiary/aromatic N) is 1. The first kappa shape index (κ1) is 29.7. The molecule has 1 aromatic heterocycles. The molecule has 1 heterocycles. The van der Waals surface area contributed by atoms with Crippen LogP contribution >= 0.6 is 0 Å². The molecule has 11 aromatic rings. The number of fused-ring (bicyclic) bond motifs is 8. The second-order valence-electron chi connectivity index (χ2n) is 13.9. The molecule has 0 aliphatic heterocycles. The molecular formula is C51H31NO. The van der Waals surface area contributed by atoms with E-state index >= 15 is 0 Å². The van der Waals surface area contributed by atoms with Crippen LogP contribution in [0.1, 0.15) is 0 Å². The highest BCUT2D eigenvalue weighted by Crippen LogP contribution is 2.45. The molecule has 0 aliphatic rings. The van der Waals surface area contributed by atoms with Crippen molar-refractivity contribution >= 4 is 65.0 Å². The third-order valence-electron chi connectivity index (χ3n) is 10.8. The fourth-order valence-corrected chi connectivity index (χ4v) is 8.34. The summed E-state index contributed by atoms with van der Waals surface area (Å²) in [5, 5.41) is 12.0. The topological polar surface area (TPSA) is 26.0 Å². The van der Waals surface area contributed by atoms with Crippen LogP contribution in [0.2, 0.25) is 0 Å². The van der Waals surface area contributed by atoms with Gasteiger partial charge < -0.3 is 4.42 Å². The molecule has 246 valence electrons. The zero-order chi connectivity index (χ0) is 34.9. The molecule has 0 saturated carbocycles. The first-order chi connectivity index (χ1) is 26.3. The van der Waals surface area contributed by atoms with Crippen LogP contribution in [0.5, 0.6) is 0 Å². The fraction of sp³-hybridized carbons (Fsp3) is 0. The van der Waals surface area contributed by atoms with Crippen molar-refractivity contribution in [3.05, 3.63) is 188 Å². The average Bonchev–Trinajstić information content (AvgIpc) is 3.68. The van der Waals surface area contributed by atoms with Crippen LogP contribution < -0.4 is 0 Å². The van der Waals surface area contributed by atoms with Gasteiger partial charge in [-0.1, -0.05) is 152 Å². The number of hydrogen-bond donors (Lipinski definition) is 0. The van der Waals surface area contributed by atoms with Crippen molar-refractivity contribution in [2.75, 3.05) is 0 Å². The van der Waals surface area contributed by atoms with Gasteiger partial charge in [0.15, 0.2) is 5.58 Å². The maximum absolute atomic E-state index is 6.58. The fourth-order valence-electron chi connectivity index (χ4n) is 8.34. The summed E-state index contributed by atoms with van der Waals surface area (Å²) in [5.41, 5.74) is 9.99. The largest absolute Gasteiger partial charge is 0.435 e. The summed E-state index contributed by atoms with van der Waals surface area (Å²) in [7, 11) is 0.